The molecule has 0 aliphatic carbocycles. The van der Waals surface area contributed by atoms with E-state index in [-0.39, 0.29) is 0 Å². The van der Waals surface area contributed by atoms with Crippen molar-refractivity contribution in [3.8, 4) is 0 Å². The van der Waals surface area contributed by atoms with Crippen LogP contribution in [0, 0.1) is 5.92 Å². The molecule has 0 saturated carbocycles. The van der Waals surface area contributed by atoms with Crippen LogP contribution in [0.5, 0.6) is 0 Å². The monoisotopic (exact) mass is 226 g/mol. The Morgan fingerprint density at radius 1 is 1.40 bits per heavy atom. The first-order chi connectivity index (χ1) is 6.98. The van der Waals surface area contributed by atoms with Gasteiger partial charge in [-0.05, 0) is 24.0 Å². The standard InChI is InChI=1S/C10H14N2O2S/c1-8-6-9-4-2-3-5-10(9)12(7-8)15(11,13)14/h2-5,8H,6-7H2,1H3,(H2,11,13,14). The van der Waals surface area contributed by atoms with Gasteiger partial charge in [-0.25, -0.2) is 5.14 Å². The van der Waals surface area contributed by atoms with E-state index in [2.05, 4.69) is 0 Å². The minimum absolute atomic E-state index is 0.304. The van der Waals surface area contributed by atoms with E-state index >= 15 is 0 Å². The van der Waals surface area contributed by atoms with Crippen molar-refractivity contribution in [3.63, 3.8) is 0 Å². The molecule has 0 saturated heterocycles. The molecule has 1 aliphatic rings. The molecule has 0 spiro atoms. The Balaban J connectivity index is 2.52. The molecular formula is C10H14N2O2S. The minimum atomic E-state index is -3.64. The molecule has 1 aromatic carbocycles. The van der Waals surface area contributed by atoms with Crippen molar-refractivity contribution in [1.29, 1.82) is 0 Å². The number of fused-ring (bicyclic) bond motifs is 1. The molecule has 1 atom stereocenters. The van der Waals surface area contributed by atoms with E-state index in [1.54, 1.807) is 6.07 Å². The summed E-state index contributed by atoms with van der Waals surface area (Å²) < 4.78 is 24.1. The molecule has 5 heteroatoms. The summed E-state index contributed by atoms with van der Waals surface area (Å²) in [5.41, 5.74) is 1.77. The number of hydrogen-bond acceptors (Lipinski definition) is 2. The summed E-state index contributed by atoms with van der Waals surface area (Å²) in [4.78, 5) is 0. The molecule has 82 valence electrons. The second kappa shape index (κ2) is 3.50. The van der Waals surface area contributed by atoms with Crippen molar-refractivity contribution in [3.05, 3.63) is 29.8 Å². The van der Waals surface area contributed by atoms with Crippen LogP contribution in [0.25, 0.3) is 0 Å². The third kappa shape index (κ3) is 1.98. The predicted octanol–water partition coefficient (Wildman–Crippen LogP) is 0.889. The summed E-state index contributed by atoms with van der Waals surface area (Å²) in [6, 6.07) is 7.49. The van der Waals surface area contributed by atoms with Crippen LogP contribution in [-0.2, 0) is 16.6 Å². The molecule has 0 aromatic heterocycles. The molecule has 1 heterocycles. The molecule has 0 radical (unpaired) electrons. The van der Waals surface area contributed by atoms with E-state index in [4.69, 9.17) is 5.14 Å². The van der Waals surface area contributed by atoms with Crippen LogP contribution < -0.4 is 9.44 Å². The Morgan fingerprint density at radius 2 is 2.07 bits per heavy atom. The average Bonchev–Trinajstić information content (AvgIpc) is 2.15. The van der Waals surface area contributed by atoms with Gasteiger partial charge in [-0.2, -0.15) is 8.42 Å². The summed E-state index contributed by atoms with van der Waals surface area (Å²) in [6.07, 6.45) is 0.905. The Bertz CT molecular complexity index is 470. The minimum Gasteiger partial charge on any atom is -0.257 e. The zero-order valence-corrected chi connectivity index (χ0v) is 9.37. The molecular weight excluding hydrogens is 212 g/mol. The highest BCUT2D eigenvalue weighted by Crippen LogP contribution is 2.30. The lowest BCUT2D eigenvalue weighted by Gasteiger charge is -2.32. The molecule has 0 bridgehead atoms. The number of hydrogen-bond donors (Lipinski definition) is 1. The molecule has 2 rings (SSSR count). The fourth-order valence-electron chi connectivity index (χ4n) is 1.99. The van der Waals surface area contributed by atoms with Crippen molar-refractivity contribution < 1.29 is 8.42 Å². The van der Waals surface area contributed by atoms with E-state index in [9.17, 15) is 8.42 Å². The topological polar surface area (TPSA) is 63.4 Å². The van der Waals surface area contributed by atoms with Crippen molar-refractivity contribution in [2.45, 2.75) is 13.3 Å². The fourth-order valence-corrected chi connectivity index (χ4v) is 2.90. The quantitative estimate of drug-likeness (QED) is 0.773. The third-order valence-electron chi connectivity index (χ3n) is 2.61. The normalized spacial score (nSPS) is 21.2. The van der Waals surface area contributed by atoms with Gasteiger partial charge in [0, 0.05) is 6.54 Å². The average molecular weight is 226 g/mol. The van der Waals surface area contributed by atoms with Gasteiger partial charge >= 0.3 is 0 Å². The molecule has 0 fully saturated rings. The summed E-state index contributed by atoms with van der Waals surface area (Å²) >= 11 is 0. The molecule has 4 nitrogen and oxygen atoms in total. The van der Waals surface area contributed by atoms with Crippen LogP contribution in [0.1, 0.15) is 12.5 Å². The Labute approximate surface area is 89.9 Å². The molecule has 1 unspecified atom stereocenters. The zero-order valence-electron chi connectivity index (χ0n) is 8.55. The Morgan fingerprint density at radius 3 is 2.73 bits per heavy atom. The van der Waals surface area contributed by atoms with Gasteiger partial charge in [0.05, 0.1) is 5.69 Å². The van der Waals surface area contributed by atoms with Crippen LogP contribution in [0.4, 0.5) is 5.69 Å². The van der Waals surface area contributed by atoms with E-state index in [1.807, 2.05) is 25.1 Å². The second-order valence-electron chi connectivity index (χ2n) is 4.01. The first-order valence-corrected chi connectivity index (χ1v) is 6.37. The molecule has 1 aromatic rings. The van der Waals surface area contributed by atoms with Gasteiger partial charge in [-0.3, -0.25) is 4.31 Å². The van der Waals surface area contributed by atoms with Crippen molar-refractivity contribution in [2.24, 2.45) is 11.1 Å². The van der Waals surface area contributed by atoms with Crippen LogP contribution in [0.2, 0.25) is 0 Å². The fraction of sp³-hybridized carbons (Fsp3) is 0.400. The SMILES string of the molecule is CC1Cc2ccccc2N(S(N)(=O)=O)C1. The van der Waals surface area contributed by atoms with Crippen molar-refractivity contribution >= 4 is 15.9 Å². The van der Waals surface area contributed by atoms with Crippen molar-refractivity contribution in [2.75, 3.05) is 10.8 Å². The van der Waals surface area contributed by atoms with Crippen molar-refractivity contribution in [1.82, 2.24) is 0 Å². The molecule has 0 amide bonds. The van der Waals surface area contributed by atoms with Gasteiger partial charge in [0.15, 0.2) is 0 Å². The Hall–Kier alpha value is -1.07. The van der Waals surface area contributed by atoms with Gasteiger partial charge in [0.2, 0.25) is 0 Å². The van der Waals surface area contributed by atoms with E-state index in [0.717, 1.165) is 17.7 Å². The lowest BCUT2D eigenvalue weighted by Crippen LogP contribution is -2.42. The predicted molar refractivity (Wildman–Crippen MR) is 59.8 cm³/mol. The third-order valence-corrected chi connectivity index (χ3v) is 3.57. The van der Waals surface area contributed by atoms with E-state index in [0.29, 0.717) is 12.5 Å². The van der Waals surface area contributed by atoms with Crippen LogP contribution >= 0.6 is 0 Å². The largest absolute Gasteiger partial charge is 0.299 e. The highest BCUT2D eigenvalue weighted by Gasteiger charge is 2.27. The second-order valence-corrected chi connectivity index (χ2v) is 5.48. The van der Waals surface area contributed by atoms with Gasteiger partial charge < -0.3 is 0 Å². The summed E-state index contributed by atoms with van der Waals surface area (Å²) in [5.74, 6) is 0.304. The first kappa shape index (κ1) is 10.4. The number of nitrogens with two attached hydrogens (primary N) is 1. The molecule has 1 aliphatic heterocycles. The number of anilines is 1. The van der Waals surface area contributed by atoms with Crippen LogP contribution in [-0.4, -0.2) is 15.0 Å². The van der Waals surface area contributed by atoms with E-state index in [1.165, 1.54) is 4.31 Å². The van der Waals surface area contributed by atoms with Crippen LogP contribution in [0.3, 0.4) is 0 Å². The summed E-state index contributed by atoms with van der Waals surface area (Å²) in [5, 5.41) is 5.19. The number of rotatable bonds is 1. The number of benzene rings is 1. The van der Waals surface area contributed by atoms with E-state index < -0.39 is 10.2 Å². The maximum atomic E-state index is 11.4. The maximum Gasteiger partial charge on any atom is 0.299 e. The Kier molecular flexibility index (Phi) is 2.44. The summed E-state index contributed by atoms with van der Waals surface area (Å²) in [7, 11) is -3.64. The highest BCUT2D eigenvalue weighted by atomic mass is 32.2. The van der Waals surface area contributed by atoms with Gasteiger partial charge in [0.25, 0.3) is 10.2 Å². The van der Waals surface area contributed by atoms with Gasteiger partial charge in [-0.1, -0.05) is 25.1 Å². The summed E-state index contributed by atoms with van der Waals surface area (Å²) in [6.45, 7) is 2.49. The van der Waals surface area contributed by atoms with Gasteiger partial charge in [0.1, 0.15) is 0 Å². The highest BCUT2D eigenvalue weighted by molar-refractivity contribution is 7.90. The maximum absolute atomic E-state index is 11.4. The molecule has 15 heavy (non-hydrogen) atoms. The molecule has 2 N–H and O–H groups in total. The number of para-hydroxylation sites is 1. The zero-order chi connectivity index (χ0) is 11.1. The van der Waals surface area contributed by atoms with Crippen LogP contribution in [0.15, 0.2) is 24.3 Å². The lowest BCUT2D eigenvalue weighted by atomic mass is 9.96. The lowest BCUT2D eigenvalue weighted by molar-refractivity contribution is 0.545. The first-order valence-electron chi connectivity index (χ1n) is 4.87. The number of nitrogens with zero attached hydrogens (tertiary/aromatic N) is 1. The smallest absolute Gasteiger partial charge is 0.257 e. The van der Waals surface area contributed by atoms with Gasteiger partial charge in [-0.15, -0.1) is 0 Å².